The van der Waals surface area contributed by atoms with Gasteiger partial charge in [0.25, 0.3) is 5.97 Å². The van der Waals surface area contributed by atoms with Gasteiger partial charge in [0.1, 0.15) is 0 Å². The van der Waals surface area contributed by atoms with Gasteiger partial charge < -0.3 is 15.9 Å². The number of carboxylic acids is 2. The van der Waals surface area contributed by atoms with Crippen molar-refractivity contribution in [1.82, 2.24) is 0 Å². The summed E-state index contributed by atoms with van der Waals surface area (Å²) in [6, 6.07) is -1.31. The van der Waals surface area contributed by atoms with Gasteiger partial charge in [-0.2, -0.15) is 0 Å². The van der Waals surface area contributed by atoms with Crippen molar-refractivity contribution < 1.29 is 19.8 Å². The van der Waals surface area contributed by atoms with Crippen molar-refractivity contribution in [2.24, 2.45) is 0 Å². The van der Waals surface area contributed by atoms with Gasteiger partial charge in [0.2, 0.25) is 0 Å². The Morgan fingerprint density at radius 1 is 1.40 bits per heavy atom. The van der Waals surface area contributed by atoms with E-state index in [-0.39, 0.29) is 12.8 Å². The van der Waals surface area contributed by atoms with E-state index >= 15 is 0 Å². The minimum absolute atomic E-state index is 0.134. The summed E-state index contributed by atoms with van der Waals surface area (Å²) in [5.74, 6) is -2.35. The summed E-state index contributed by atoms with van der Waals surface area (Å²) in [7, 11) is 0. The van der Waals surface area contributed by atoms with E-state index in [0.717, 1.165) is 0 Å². The molecule has 10 heavy (non-hydrogen) atoms. The molecule has 0 aliphatic heterocycles. The van der Waals surface area contributed by atoms with Gasteiger partial charge in [0.15, 0.2) is 0 Å². The van der Waals surface area contributed by atoms with Crippen molar-refractivity contribution >= 4 is 11.9 Å². The number of carbonyl (C=O) groups is 2. The van der Waals surface area contributed by atoms with Gasteiger partial charge in [-0.1, -0.05) is 0 Å². The third-order valence-electron chi connectivity index (χ3n) is 0.945. The quantitative estimate of drug-likeness (QED) is 0.597. The van der Waals surface area contributed by atoms with Crippen molar-refractivity contribution in [3.8, 4) is 0 Å². The topological polar surface area (TPSA) is 98.4 Å². The van der Waals surface area contributed by atoms with Gasteiger partial charge >= 0.3 is 5.97 Å². The fourth-order valence-electron chi connectivity index (χ4n) is 0.391. The number of nitrogens with one attached hydrogen (secondary N) is 1. The number of carboxylic acid groups (broad SMARTS) is 2. The Hall–Kier alpha value is -1.10. The van der Waals surface area contributed by atoms with Crippen LogP contribution in [0, 0.1) is 0 Å². The van der Waals surface area contributed by atoms with Crippen LogP contribution in [-0.4, -0.2) is 28.2 Å². The summed E-state index contributed by atoms with van der Waals surface area (Å²) in [4.78, 5) is 19.8. The van der Waals surface area contributed by atoms with Crippen molar-refractivity contribution in [3.63, 3.8) is 0 Å². The van der Waals surface area contributed by atoms with Crippen molar-refractivity contribution in [2.45, 2.75) is 18.9 Å². The predicted octanol–water partition coefficient (Wildman–Crippen LogP) is 0.357. The fourth-order valence-corrected chi connectivity index (χ4v) is 0.391. The molecule has 0 spiro atoms. The molecule has 0 aromatic heterocycles. The second-order valence-electron chi connectivity index (χ2n) is 1.82. The van der Waals surface area contributed by atoms with Crippen molar-refractivity contribution in [1.29, 1.82) is 0 Å². The molecule has 0 saturated carbocycles. The molecule has 0 aromatic rings. The van der Waals surface area contributed by atoms with Crippen LogP contribution in [-0.2, 0) is 9.59 Å². The van der Waals surface area contributed by atoms with Crippen LogP contribution in [0.2, 0.25) is 0 Å². The molecule has 5 heteroatoms. The SMILES string of the molecule is [NH-]C(CCC(=O)O)C(=O)O. The van der Waals surface area contributed by atoms with Gasteiger partial charge in [-0.25, -0.2) is 0 Å². The molecule has 0 heterocycles. The highest BCUT2D eigenvalue weighted by molar-refractivity contribution is 5.76. The lowest BCUT2D eigenvalue weighted by molar-refractivity contribution is -0.139. The van der Waals surface area contributed by atoms with Crippen LogP contribution in [0.5, 0.6) is 0 Å². The maximum absolute atomic E-state index is 9.93. The first-order chi connectivity index (χ1) is 4.54. The molecule has 0 bridgehead atoms. The Bertz CT molecular complexity index is 145. The van der Waals surface area contributed by atoms with Crippen molar-refractivity contribution in [2.75, 3.05) is 0 Å². The molecule has 0 aliphatic rings. The molecule has 3 N–H and O–H groups in total. The van der Waals surface area contributed by atoms with Crippen LogP contribution in [0.15, 0.2) is 0 Å². The van der Waals surface area contributed by atoms with Gasteiger partial charge in [0.05, 0.1) is 0 Å². The summed E-state index contributed by atoms with van der Waals surface area (Å²) < 4.78 is 0. The molecule has 0 amide bonds. The van der Waals surface area contributed by atoms with Crippen LogP contribution in [0.25, 0.3) is 5.73 Å². The highest BCUT2D eigenvalue weighted by atomic mass is 16.4. The number of aliphatic carboxylic acids is 2. The maximum Gasteiger partial charge on any atom is 0.303 e. The number of hydrogen-bond acceptors (Lipinski definition) is 2. The molecule has 0 aliphatic carbocycles. The summed E-state index contributed by atoms with van der Waals surface area (Å²) in [6.07, 6.45) is -0.398. The van der Waals surface area contributed by atoms with Gasteiger partial charge in [-0.05, 0) is 12.5 Å². The predicted molar refractivity (Wildman–Crippen MR) is 32.6 cm³/mol. The Morgan fingerprint density at radius 2 is 1.90 bits per heavy atom. The molecule has 0 aromatic carbocycles. The van der Waals surface area contributed by atoms with E-state index in [1.807, 2.05) is 0 Å². The largest absolute Gasteiger partial charge is 0.665 e. The zero-order valence-corrected chi connectivity index (χ0v) is 5.20. The first-order valence-corrected chi connectivity index (χ1v) is 2.69. The van der Waals surface area contributed by atoms with E-state index < -0.39 is 18.0 Å². The molecular formula is C5H8NO4-. The number of hydrogen-bond donors (Lipinski definition) is 2. The van der Waals surface area contributed by atoms with E-state index in [1.165, 1.54) is 0 Å². The first-order valence-electron chi connectivity index (χ1n) is 2.69. The van der Waals surface area contributed by atoms with Gasteiger partial charge in [-0.3, -0.25) is 9.59 Å². The summed E-state index contributed by atoms with van der Waals surface area (Å²) in [5.41, 5.74) is 6.76. The lowest BCUT2D eigenvalue weighted by Crippen LogP contribution is -2.16. The van der Waals surface area contributed by atoms with Crippen LogP contribution >= 0.6 is 0 Å². The molecule has 58 valence electrons. The Labute approximate surface area is 57.5 Å². The zero-order valence-electron chi connectivity index (χ0n) is 5.20. The molecule has 1 unspecified atom stereocenters. The number of rotatable bonds is 4. The Morgan fingerprint density at radius 3 is 2.20 bits per heavy atom. The summed E-state index contributed by atoms with van der Waals surface area (Å²) in [5, 5.41) is 16.2. The highest BCUT2D eigenvalue weighted by Crippen LogP contribution is 1.99. The summed E-state index contributed by atoms with van der Waals surface area (Å²) >= 11 is 0. The third kappa shape index (κ3) is 3.85. The average molecular weight is 146 g/mol. The van der Waals surface area contributed by atoms with Crippen molar-refractivity contribution in [3.05, 3.63) is 5.73 Å². The second kappa shape index (κ2) is 3.84. The van der Waals surface area contributed by atoms with E-state index in [1.54, 1.807) is 0 Å². The van der Waals surface area contributed by atoms with Crippen LogP contribution in [0.4, 0.5) is 0 Å². The monoisotopic (exact) mass is 146 g/mol. The van der Waals surface area contributed by atoms with E-state index in [9.17, 15) is 9.59 Å². The molecule has 0 saturated heterocycles. The minimum Gasteiger partial charge on any atom is -0.665 e. The summed E-state index contributed by atoms with van der Waals surface area (Å²) in [6.45, 7) is 0. The van der Waals surface area contributed by atoms with Gasteiger partial charge in [0, 0.05) is 6.42 Å². The molecule has 0 radical (unpaired) electrons. The standard InChI is InChI=1S/C5H8NO4/c6-3(5(9)10)1-2-4(7)8/h3,6H,1-2H2,(H,7,8)(H,9,10)/q-1. The maximum atomic E-state index is 9.93. The Balaban J connectivity index is 3.49. The molecule has 0 fully saturated rings. The van der Waals surface area contributed by atoms with Crippen LogP contribution < -0.4 is 0 Å². The lowest BCUT2D eigenvalue weighted by Gasteiger charge is -2.11. The molecule has 0 rings (SSSR count). The van der Waals surface area contributed by atoms with Crippen LogP contribution in [0.3, 0.4) is 0 Å². The average Bonchev–Trinajstić information content (AvgIpc) is 1.82. The second-order valence-corrected chi connectivity index (χ2v) is 1.82. The third-order valence-corrected chi connectivity index (χ3v) is 0.945. The van der Waals surface area contributed by atoms with E-state index in [4.69, 9.17) is 15.9 Å². The van der Waals surface area contributed by atoms with Crippen LogP contribution in [0.1, 0.15) is 12.8 Å². The smallest absolute Gasteiger partial charge is 0.303 e. The van der Waals surface area contributed by atoms with E-state index in [0.29, 0.717) is 0 Å². The first kappa shape index (κ1) is 8.90. The molecule has 5 nitrogen and oxygen atoms in total. The zero-order chi connectivity index (χ0) is 8.15. The highest BCUT2D eigenvalue weighted by Gasteiger charge is 2.05. The van der Waals surface area contributed by atoms with E-state index in [2.05, 4.69) is 0 Å². The fraction of sp³-hybridized carbons (Fsp3) is 0.600. The lowest BCUT2D eigenvalue weighted by atomic mass is 10.2. The molecular weight excluding hydrogens is 138 g/mol. The van der Waals surface area contributed by atoms with Gasteiger partial charge in [-0.15, -0.1) is 0 Å². The normalized spacial score (nSPS) is 12.5. The minimum atomic E-state index is -1.31. The Kier molecular flexibility index (Phi) is 3.42. The molecule has 1 atom stereocenters.